The highest BCUT2D eigenvalue weighted by molar-refractivity contribution is 4.83. The molecule has 2 rings (SSSR count). The van der Waals surface area contributed by atoms with Crippen LogP contribution in [0, 0.1) is 6.92 Å². The molecule has 16 heavy (non-hydrogen) atoms. The highest BCUT2D eigenvalue weighted by atomic mass is 16.5. The minimum atomic E-state index is 0.298. The first kappa shape index (κ1) is 10.8. The molecular formula is C10H15N5O. The van der Waals surface area contributed by atoms with E-state index in [9.17, 15) is 0 Å². The fraction of sp³-hybridized carbons (Fsp3) is 0.500. The van der Waals surface area contributed by atoms with Gasteiger partial charge in [0.15, 0.2) is 5.82 Å². The Bertz CT molecular complexity index is 422. The summed E-state index contributed by atoms with van der Waals surface area (Å²) in [7, 11) is 0. The molecule has 2 aromatic rings. The van der Waals surface area contributed by atoms with Crippen LogP contribution < -0.4 is 5.32 Å². The molecule has 0 amide bonds. The largest absolute Gasteiger partial charge is 0.338 e. The molecule has 2 heterocycles. The molecule has 6 heteroatoms. The van der Waals surface area contributed by atoms with Crippen LogP contribution in [-0.2, 0) is 13.1 Å². The summed E-state index contributed by atoms with van der Waals surface area (Å²) in [6.45, 7) is 5.30. The van der Waals surface area contributed by atoms with Crippen molar-refractivity contribution >= 4 is 0 Å². The zero-order chi connectivity index (χ0) is 11.4. The van der Waals surface area contributed by atoms with Crippen molar-refractivity contribution in [3.63, 3.8) is 0 Å². The van der Waals surface area contributed by atoms with Gasteiger partial charge in [-0.25, -0.2) is 0 Å². The molecule has 0 bridgehead atoms. The van der Waals surface area contributed by atoms with E-state index in [1.807, 2.05) is 16.9 Å². The molecule has 0 radical (unpaired) electrons. The standard InChI is InChI=1S/C10H15N5O/c1-8(7-15-5-3-4-12-15)11-6-10-13-9(2)14-16-10/h3-5,8,11H,6-7H2,1-2H3/t8-/m0/s1. The fourth-order valence-electron chi connectivity index (χ4n) is 1.43. The van der Waals surface area contributed by atoms with E-state index in [1.165, 1.54) is 0 Å². The average Bonchev–Trinajstić information content (AvgIpc) is 2.87. The Labute approximate surface area is 93.7 Å². The lowest BCUT2D eigenvalue weighted by Crippen LogP contribution is -2.30. The van der Waals surface area contributed by atoms with Crippen molar-refractivity contribution in [3.05, 3.63) is 30.2 Å². The van der Waals surface area contributed by atoms with Gasteiger partial charge in [-0.1, -0.05) is 5.16 Å². The maximum Gasteiger partial charge on any atom is 0.240 e. The summed E-state index contributed by atoms with van der Waals surface area (Å²) < 4.78 is 6.89. The number of nitrogens with one attached hydrogen (secondary N) is 1. The van der Waals surface area contributed by atoms with Gasteiger partial charge in [-0.15, -0.1) is 0 Å². The van der Waals surface area contributed by atoms with E-state index in [2.05, 4.69) is 27.5 Å². The van der Waals surface area contributed by atoms with E-state index in [-0.39, 0.29) is 0 Å². The average molecular weight is 221 g/mol. The second kappa shape index (κ2) is 4.89. The number of aromatic nitrogens is 4. The van der Waals surface area contributed by atoms with Crippen molar-refractivity contribution in [1.82, 2.24) is 25.2 Å². The molecule has 0 aliphatic carbocycles. The molecule has 0 saturated heterocycles. The van der Waals surface area contributed by atoms with Gasteiger partial charge in [0, 0.05) is 18.4 Å². The quantitative estimate of drug-likeness (QED) is 0.807. The lowest BCUT2D eigenvalue weighted by Gasteiger charge is -2.11. The van der Waals surface area contributed by atoms with Crippen molar-refractivity contribution in [3.8, 4) is 0 Å². The number of rotatable bonds is 5. The SMILES string of the molecule is Cc1noc(CN[C@@H](C)Cn2cccn2)n1. The maximum atomic E-state index is 5.00. The van der Waals surface area contributed by atoms with E-state index in [4.69, 9.17) is 4.52 Å². The van der Waals surface area contributed by atoms with Crippen molar-refractivity contribution in [2.75, 3.05) is 0 Å². The van der Waals surface area contributed by atoms with Crippen LogP contribution in [-0.4, -0.2) is 26.0 Å². The van der Waals surface area contributed by atoms with Crippen LogP contribution in [0.15, 0.2) is 23.0 Å². The molecule has 2 aromatic heterocycles. The Morgan fingerprint density at radius 2 is 2.44 bits per heavy atom. The Morgan fingerprint density at radius 3 is 3.06 bits per heavy atom. The molecule has 0 fully saturated rings. The zero-order valence-electron chi connectivity index (χ0n) is 9.42. The van der Waals surface area contributed by atoms with Crippen LogP contribution in [0.1, 0.15) is 18.6 Å². The minimum absolute atomic E-state index is 0.298. The summed E-state index contributed by atoms with van der Waals surface area (Å²) in [6, 6.07) is 2.21. The summed E-state index contributed by atoms with van der Waals surface area (Å²) in [4.78, 5) is 4.12. The number of nitrogens with zero attached hydrogens (tertiary/aromatic N) is 4. The van der Waals surface area contributed by atoms with Gasteiger partial charge in [0.1, 0.15) is 0 Å². The number of hydrogen-bond acceptors (Lipinski definition) is 5. The van der Waals surface area contributed by atoms with Crippen molar-refractivity contribution in [1.29, 1.82) is 0 Å². The van der Waals surface area contributed by atoms with Crippen LogP contribution >= 0.6 is 0 Å². The number of aryl methyl sites for hydroxylation is 1. The van der Waals surface area contributed by atoms with Gasteiger partial charge in [0.05, 0.1) is 13.1 Å². The first-order chi connectivity index (χ1) is 7.74. The van der Waals surface area contributed by atoms with Crippen LogP contribution in [0.25, 0.3) is 0 Å². The second-order valence-corrected chi connectivity index (χ2v) is 3.75. The second-order valence-electron chi connectivity index (χ2n) is 3.75. The predicted octanol–water partition coefficient (Wildman–Crippen LogP) is 0.753. The van der Waals surface area contributed by atoms with E-state index in [1.54, 1.807) is 13.1 Å². The van der Waals surface area contributed by atoms with Gasteiger partial charge in [0.2, 0.25) is 5.89 Å². The molecule has 1 N–H and O–H groups in total. The normalized spacial score (nSPS) is 12.9. The molecule has 0 unspecified atom stereocenters. The fourth-order valence-corrected chi connectivity index (χ4v) is 1.43. The number of hydrogen-bond donors (Lipinski definition) is 1. The summed E-state index contributed by atoms with van der Waals surface area (Å²) >= 11 is 0. The Morgan fingerprint density at radius 1 is 1.56 bits per heavy atom. The highest BCUT2D eigenvalue weighted by Crippen LogP contribution is 1.97. The molecule has 0 spiro atoms. The summed E-state index contributed by atoms with van der Waals surface area (Å²) in [6.07, 6.45) is 3.71. The lowest BCUT2D eigenvalue weighted by atomic mass is 10.3. The topological polar surface area (TPSA) is 68.8 Å². The van der Waals surface area contributed by atoms with Crippen LogP contribution in [0.4, 0.5) is 0 Å². The Balaban J connectivity index is 1.77. The summed E-state index contributed by atoms with van der Waals surface area (Å²) in [5.74, 6) is 1.28. The Kier molecular flexibility index (Phi) is 3.31. The van der Waals surface area contributed by atoms with Gasteiger partial charge < -0.3 is 9.84 Å². The van der Waals surface area contributed by atoms with Crippen molar-refractivity contribution in [2.45, 2.75) is 33.0 Å². The predicted molar refractivity (Wildman–Crippen MR) is 57.6 cm³/mol. The molecule has 6 nitrogen and oxygen atoms in total. The first-order valence-electron chi connectivity index (χ1n) is 5.24. The van der Waals surface area contributed by atoms with Crippen LogP contribution in [0.5, 0.6) is 0 Å². The third kappa shape index (κ3) is 2.90. The van der Waals surface area contributed by atoms with Gasteiger partial charge in [-0.05, 0) is 19.9 Å². The minimum Gasteiger partial charge on any atom is -0.338 e. The molecular weight excluding hydrogens is 206 g/mol. The monoisotopic (exact) mass is 221 g/mol. The Hall–Kier alpha value is -1.69. The third-order valence-corrected chi connectivity index (χ3v) is 2.19. The smallest absolute Gasteiger partial charge is 0.240 e. The lowest BCUT2D eigenvalue weighted by molar-refractivity contribution is 0.348. The highest BCUT2D eigenvalue weighted by Gasteiger charge is 2.06. The summed E-state index contributed by atoms with van der Waals surface area (Å²) in [5.41, 5.74) is 0. The van der Waals surface area contributed by atoms with Crippen LogP contribution in [0.3, 0.4) is 0 Å². The van der Waals surface area contributed by atoms with Gasteiger partial charge in [-0.2, -0.15) is 10.1 Å². The zero-order valence-corrected chi connectivity index (χ0v) is 9.42. The molecule has 0 saturated carbocycles. The van der Waals surface area contributed by atoms with Crippen molar-refractivity contribution in [2.24, 2.45) is 0 Å². The van der Waals surface area contributed by atoms with Crippen LogP contribution in [0.2, 0.25) is 0 Å². The summed E-state index contributed by atoms with van der Waals surface area (Å²) in [5, 5.41) is 11.2. The molecule has 0 aliphatic rings. The molecule has 1 atom stereocenters. The van der Waals surface area contributed by atoms with Gasteiger partial charge in [-0.3, -0.25) is 4.68 Å². The van der Waals surface area contributed by atoms with E-state index in [0.717, 1.165) is 6.54 Å². The van der Waals surface area contributed by atoms with Crippen molar-refractivity contribution < 1.29 is 4.52 Å². The van der Waals surface area contributed by atoms with Gasteiger partial charge in [0.25, 0.3) is 0 Å². The van der Waals surface area contributed by atoms with E-state index >= 15 is 0 Å². The molecule has 86 valence electrons. The van der Waals surface area contributed by atoms with E-state index < -0.39 is 0 Å². The maximum absolute atomic E-state index is 5.00. The molecule has 0 aliphatic heterocycles. The van der Waals surface area contributed by atoms with E-state index in [0.29, 0.717) is 24.3 Å². The van der Waals surface area contributed by atoms with Gasteiger partial charge >= 0.3 is 0 Å². The molecule has 0 aromatic carbocycles. The first-order valence-corrected chi connectivity index (χ1v) is 5.24. The third-order valence-electron chi connectivity index (χ3n) is 2.19.